The Morgan fingerprint density at radius 1 is 0.565 bits per heavy atom. The maximum Gasteiger partial charge on any atom is 0.295 e. The highest BCUT2D eigenvalue weighted by Gasteiger charge is 2.20. The van der Waals surface area contributed by atoms with E-state index in [1.165, 1.54) is 21.8 Å². The molecule has 0 radical (unpaired) electrons. The molecule has 2 aromatic carbocycles. The third-order valence-electron chi connectivity index (χ3n) is 7.43. The monoisotopic (exact) mass is 616 g/mol. The minimum atomic E-state index is -0.357. The zero-order chi connectivity index (χ0) is 32.8. The molecule has 0 spiro atoms. The molecule has 0 unspecified atom stereocenters. The normalized spacial score (nSPS) is 10.5. The highest BCUT2D eigenvalue weighted by atomic mass is 16.2. The minimum Gasteiger partial charge on any atom is -0.316 e. The summed E-state index contributed by atoms with van der Waals surface area (Å²) in [5.74, 6) is -0.715. The number of hydrogen-bond donors (Lipinski definition) is 2. The maximum atomic E-state index is 12.7. The molecule has 0 aliphatic heterocycles. The molecular formula is C34H32N8O4. The topological polar surface area (TPSA) is 138 Å². The first kappa shape index (κ1) is 31.1. The highest BCUT2D eigenvalue weighted by molar-refractivity contribution is 6.04. The third-order valence-corrected chi connectivity index (χ3v) is 7.43. The largest absolute Gasteiger partial charge is 0.316 e. The van der Waals surface area contributed by atoms with Gasteiger partial charge in [0.2, 0.25) is 0 Å². The Balaban J connectivity index is 0.000000181. The number of hydrogen-bond acceptors (Lipinski definition) is 6. The van der Waals surface area contributed by atoms with Crippen molar-refractivity contribution in [3.63, 3.8) is 0 Å². The lowest BCUT2D eigenvalue weighted by molar-refractivity contribution is 0.101. The van der Waals surface area contributed by atoms with Crippen LogP contribution in [0.4, 0.5) is 11.4 Å². The van der Waals surface area contributed by atoms with Crippen molar-refractivity contribution in [3.05, 3.63) is 153 Å². The van der Waals surface area contributed by atoms with E-state index in [1.54, 1.807) is 74.0 Å². The van der Waals surface area contributed by atoms with E-state index in [1.807, 2.05) is 60.7 Å². The molecule has 4 heterocycles. The molecule has 2 amide bonds. The second-order valence-corrected chi connectivity index (χ2v) is 10.3. The van der Waals surface area contributed by atoms with E-state index in [9.17, 15) is 19.2 Å². The smallest absolute Gasteiger partial charge is 0.295 e. The number of rotatable bonds is 6. The number of para-hydroxylation sites is 2. The molecule has 0 aliphatic carbocycles. The van der Waals surface area contributed by atoms with E-state index >= 15 is 0 Å². The van der Waals surface area contributed by atoms with Crippen LogP contribution >= 0.6 is 0 Å². The molecule has 46 heavy (non-hydrogen) atoms. The molecule has 2 N–H and O–H groups in total. The number of pyridine rings is 2. The van der Waals surface area contributed by atoms with Crippen molar-refractivity contribution in [1.29, 1.82) is 0 Å². The summed E-state index contributed by atoms with van der Waals surface area (Å²) in [5.41, 5.74) is 3.64. The highest BCUT2D eigenvalue weighted by Crippen LogP contribution is 2.16. The number of nitrogens with zero attached hydrogens (tertiary/aromatic N) is 6. The molecule has 4 aromatic heterocycles. The predicted molar refractivity (Wildman–Crippen MR) is 176 cm³/mol. The molecule has 0 saturated carbocycles. The zero-order valence-electron chi connectivity index (χ0n) is 25.7. The summed E-state index contributed by atoms with van der Waals surface area (Å²) < 4.78 is 6.48. The van der Waals surface area contributed by atoms with Gasteiger partial charge in [0.1, 0.15) is 11.4 Å². The molecule has 0 fully saturated rings. The number of carbonyl (C=O) groups is 2. The van der Waals surface area contributed by atoms with Gasteiger partial charge in [-0.25, -0.2) is 9.36 Å². The predicted octanol–water partition coefficient (Wildman–Crippen LogP) is 4.26. The van der Waals surface area contributed by atoms with Crippen molar-refractivity contribution in [2.45, 2.75) is 13.8 Å². The fraction of sp³-hybridized carbons (Fsp3) is 0.118. The number of anilines is 2. The summed E-state index contributed by atoms with van der Waals surface area (Å²) >= 11 is 0. The van der Waals surface area contributed by atoms with Crippen LogP contribution in [-0.4, -0.2) is 40.5 Å². The van der Waals surface area contributed by atoms with E-state index in [0.29, 0.717) is 22.5 Å². The molecule has 12 heteroatoms. The molecule has 0 atom stereocenters. The number of carbonyl (C=O) groups excluding carboxylic acids is 2. The zero-order valence-corrected chi connectivity index (χ0v) is 25.7. The van der Waals surface area contributed by atoms with E-state index in [2.05, 4.69) is 20.6 Å². The van der Waals surface area contributed by atoms with Crippen LogP contribution in [0, 0.1) is 13.8 Å². The van der Waals surface area contributed by atoms with Crippen LogP contribution in [0.25, 0.3) is 11.4 Å². The van der Waals surface area contributed by atoms with E-state index in [-0.39, 0.29) is 34.3 Å². The maximum absolute atomic E-state index is 12.7. The summed E-state index contributed by atoms with van der Waals surface area (Å²) in [6.07, 6.45) is 6.10. The van der Waals surface area contributed by atoms with Gasteiger partial charge in [-0.15, -0.1) is 0 Å². The third kappa shape index (κ3) is 6.31. The van der Waals surface area contributed by atoms with Crippen LogP contribution in [0.15, 0.2) is 119 Å². The molecular weight excluding hydrogens is 584 g/mol. The van der Waals surface area contributed by atoms with Crippen LogP contribution < -0.4 is 21.8 Å². The molecule has 12 nitrogen and oxygen atoms in total. The van der Waals surface area contributed by atoms with Crippen molar-refractivity contribution < 1.29 is 9.59 Å². The van der Waals surface area contributed by atoms with Gasteiger partial charge in [-0.3, -0.25) is 38.5 Å². The quantitative estimate of drug-likeness (QED) is 0.287. The summed E-state index contributed by atoms with van der Waals surface area (Å²) in [7, 11) is 3.56. The van der Waals surface area contributed by atoms with Crippen LogP contribution in [-0.2, 0) is 14.1 Å². The molecule has 232 valence electrons. The average molecular weight is 617 g/mol. The lowest BCUT2D eigenvalue weighted by Gasteiger charge is -2.07. The Kier molecular flexibility index (Phi) is 9.18. The van der Waals surface area contributed by atoms with Crippen molar-refractivity contribution >= 4 is 23.2 Å². The van der Waals surface area contributed by atoms with Gasteiger partial charge in [0.05, 0.1) is 33.9 Å². The molecule has 6 aromatic rings. The molecule has 0 saturated heterocycles. The van der Waals surface area contributed by atoms with Gasteiger partial charge in [0.25, 0.3) is 22.9 Å². The Morgan fingerprint density at radius 2 is 0.935 bits per heavy atom. The van der Waals surface area contributed by atoms with Gasteiger partial charge in [0, 0.05) is 38.9 Å². The number of amides is 2. The Labute approximate surface area is 264 Å². The van der Waals surface area contributed by atoms with Gasteiger partial charge >= 0.3 is 0 Å². The number of aromatic nitrogens is 6. The van der Waals surface area contributed by atoms with Gasteiger partial charge in [-0.2, -0.15) is 0 Å². The number of benzene rings is 2. The average Bonchev–Trinajstić information content (AvgIpc) is 3.43. The summed E-state index contributed by atoms with van der Waals surface area (Å²) in [4.78, 5) is 57.7. The van der Waals surface area contributed by atoms with E-state index < -0.39 is 0 Å². The molecule has 0 bridgehead atoms. The first-order valence-electron chi connectivity index (χ1n) is 14.3. The standard InChI is InChI=1S/2C17H16N4O2/c2*1-12-15(19-16(22)13-7-6-10-18-11-13)17(23)21(20(12)2)14-8-4-3-5-9-14/h2*3-11H,1-2H3,(H,19,22). The fourth-order valence-corrected chi connectivity index (χ4v) is 4.79. The van der Waals surface area contributed by atoms with Crippen LogP contribution in [0.2, 0.25) is 0 Å². The lowest BCUT2D eigenvalue weighted by atomic mass is 10.2. The van der Waals surface area contributed by atoms with Gasteiger partial charge in [-0.1, -0.05) is 36.4 Å². The van der Waals surface area contributed by atoms with E-state index in [0.717, 1.165) is 11.4 Å². The van der Waals surface area contributed by atoms with Crippen molar-refractivity contribution in [3.8, 4) is 11.4 Å². The van der Waals surface area contributed by atoms with Gasteiger partial charge in [-0.05, 0) is 62.4 Å². The summed E-state index contributed by atoms with van der Waals surface area (Å²) in [6, 6.07) is 25.2. The molecule has 6 rings (SSSR count). The Hall–Kier alpha value is -6.30. The van der Waals surface area contributed by atoms with Crippen LogP contribution in [0.3, 0.4) is 0 Å². The summed E-state index contributed by atoms with van der Waals surface area (Å²) in [6.45, 7) is 3.58. The SMILES string of the molecule is Cc1c(NC(=O)c2cccnc2)c(=O)n(-c2ccccc2)n1C.Cc1c(NC(=O)c2cccnc2)c(=O)n(-c2ccccc2)n1C. The van der Waals surface area contributed by atoms with Crippen LogP contribution in [0.5, 0.6) is 0 Å². The lowest BCUT2D eigenvalue weighted by Crippen LogP contribution is -2.23. The minimum absolute atomic E-state index is 0.269. The first-order valence-corrected chi connectivity index (χ1v) is 14.3. The van der Waals surface area contributed by atoms with Gasteiger partial charge in [0.15, 0.2) is 0 Å². The van der Waals surface area contributed by atoms with Crippen molar-refractivity contribution in [2.24, 2.45) is 14.1 Å². The number of nitrogens with one attached hydrogen (secondary N) is 2. The fourth-order valence-electron chi connectivity index (χ4n) is 4.79. The van der Waals surface area contributed by atoms with Crippen molar-refractivity contribution in [1.82, 2.24) is 28.7 Å². The second-order valence-electron chi connectivity index (χ2n) is 10.3. The summed E-state index contributed by atoms with van der Waals surface area (Å²) in [5, 5.41) is 5.39. The van der Waals surface area contributed by atoms with Gasteiger partial charge < -0.3 is 10.6 Å². The molecule has 0 aliphatic rings. The van der Waals surface area contributed by atoms with E-state index in [4.69, 9.17) is 0 Å². The first-order chi connectivity index (χ1) is 22.2. The Morgan fingerprint density at radius 3 is 1.26 bits per heavy atom. The second kappa shape index (κ2) is 13.6. The Bertz CT molecular complexity index is 1940. The van der Waals surface area contributed by atoms with Crippen LogP contribution in [0.1, 0.15) is 32.1 Å². The van der Waals surface area contributed by atoms with Crippen molar-refractivity contribution in [2.75, 3.05) is 10.6 Å².